The van der Waals surface area contributed by atoms with Crippen molar-refractivity contribution in [2.75, 3.05) is 19.6 Å². The van der Waals surface area contributed by atoms with Gasteiger partial charge in [-0.05, 0) is 48.7 Å². The molecule has 1 aromatic heterocycles. The molecule has 2 rings (SSSR count). The molecule has 0 aromatic carbocycles. The molecule has 6 heteroatoms. The first-order chi connectivity index (χ1) is 9.69. The standard InChI is InChI=1S/C14H28N6/c1-4-7-20-14(16-17-18-20)11-19-8-5-6-13(10-19)9-15-12(2)3/h12-13,15H,4-11H2,1-3H3. The molecule has 0 spiro atoms. The second-order valence-electron chi connectivity index (χ2n) is 6.12. The van der Waals surface area contributed by atoms with Gasteiger partial charge in [-0.3, -0.25) is 4.90 Å². The molecule has 0 saturated carbocycles. The Morgan fingerprint density at radius 3 is 3.00 bits per heavy atom. The van der Waals surface area contributed by atoms with Gasteiger partial charge in [-0.25, -0.2) is 4.68 Å². The van der Waals surface area contributed by atoms with Crippen molar-refractivity contribution in [3.63, 3.8) is 0 Å². The van der Waals surface area contributed by atoms with E-state index >= 15 is 0 Å². The summed E-state index contributed by atoms with van der Waals surface area (Å²) in [7, 11) is 0. The Kier molecular flexibility index (Phi) is 5.91. The van der Waals surface area contributed by atoms with Crippen LogP contribution in [0.4, 0.5) is 0 Å². The Morgan fingerprint density at radius 2 is 2.25 bits per heavy atom. The predicted octanol–water partition coefficient (Wildman–Crippen LogP) is 1.29. The van der Waals surface area contributed by atoms with Crippen LogP contribution >= 0.6 is 0 Å². The van der Waals surface area contributed by atoms with E-state index in [1.165, 1.54) is 12.8 Å². The molecule has 0 bridgehead atoms. The third-order valence-electron chi connectivity index (χ3n) is 3.82. The highest BCUT2D eigenvalue weighted by Crippen LogP contribution is 2.17. The summed E-state index contributed by atoms with van der Waals surface area (Å²) in [5.74, 6) is 1.76. The highest BCUT2D eigenvalue weighted by molar-refractivity contribution is 4.84. The maximum atomic E-state index is 4.17. The van der Waals surface area contributed by atoms with E-state index in [-0.39, 0.29) is 0 Å². The summed E-state index contributed by atoms with van der Waals surface area (Å²) < 4.78 is 1.94. The lowest BCUT2D eigenvalue weighted by molar-refractivity contribution is 0.158. The van der Waals surface area contributed by atoms with Crippen LogP contribution in [0.1, 0.15) is 45.9 Å². The average molecular weight is 280 g/mol. The topological polar surface area (TPSA) is 58.9 Å². The van der Waals surface area contributed by atoms with Crippen molar-refractivity contribution in [2.45, 2.75) is 59.2 Å². The minimum Gasteiger partial charge on any atom is -0.314 e. The lowest BCUT2D eigenvalue weighted by Crippen LogP contribution is -2.41. The van der Waals surface area contributed by atoms with Gasteiger partial charge in [0, 0.05) is 19.1 Å². The van der Waals surface area contributed by atoms with Crippen molar-refractivity contribution in [1.82, 2.24) is 30.4 Å². The first-order valence-electron chi connectivity index (χ1n) is 7.89. The molecule has 1 aliphatic rings. The van der Waals surface area contributed by atoms with Crippen LogP contribution in [0.3, 0.4) is 0 Å². The number of aromatic nitrogens is 4. The lowest BCUT2D eigenvalue weighted by Gasteiger charge is -2.32. The monoisotopic (exact) mass is 280 g/mol. The summed E-state index contributed by atoms with van der Waals surface area (Å²) in [6.07, 6.45) is 3.68. The van der Waals surface area contributed by atoms with E-state index in [1.807, 2.05) is 4.68 Å². The van der Waals surface area contributed by atoms with E-state index in [0.717, 1.165) is 50.9 Å². The largest absolute Gasteiger partial charge is 0.314 e. The van der Waals surface area contributed by atoms with E-state index in [0.29, 0.717) is 6.04 Å². The van der Waals surface area contributed by atoms with Crippen molar-refractivity contribution in [3.8, 4) is 0 Å². The molecule has 1 atom stereocenters. The fourth-order valence-corrected chi connectivity index (χ4v) is 2.79. The van der Waals surface area contributed by atoms with Crippen LogP contribution in [-0.2, 0) is 13.1 Å². The van der Waals surface area contributed by atoms with E-state index in [4.69, 9.17) is 0 Å². The minimum atomic E-state index is 0.572. The SMILES string of the molecule is CCCn1nnnc1CN1CCCC(CNC(C)C)C1. The molecule has 114 valence electrons. The molecular weight excluding hydrogens is 252 g/mol. The molecule has 0 radical (unpaired) electrons. The molecule has 6 nitrogen and oxygen atoms in total. The molecule has 2 heterocycles. The maximum Gasteiger partial charge on any atom is 0.165 e. The first kappa shape index (κ1) is 15.4. The Balaban J connectivity index is 1.84. The normalized spacial score (nSPS) is 20.7. The second-order valence-corrected chi connectivity index (χ2v) is 6.12. The summed E-state index contributed by atoms with van der Waals surface area (Å²) in [6, 6.07) is 0.572. The average Bonchev–Trinajstić information content (AvgIpc) is 2.85. The first-order valence-corrected chi connectivity index (χ1v) is 7.89. The molecule has 1 fully saturated rings. The van der Waals surface area contributed by atoms with Crippen LogP contribution in [0.2, 0.25) is 0 Å². The summed E-state index contributed by atoms with van der Waals surface area (Å²) in [4.78, 5) is 2.49. The zero-order valence-electron chi connectivity index (χ0n) is 13.0. The van der Waals surface area contributed by atoms with Crippen LogP contribution in [0, 0.1) is 5.92 Å². The maximum absolute atomic E-state index is 4.17. The summed E-state index contributed by atoms with van der Waals surface area (Å²) in [5, 5.41) is 15.6. The van der Waals surface area contributed by atoms with Gasteiger partial charge in [0.05, 0.1) is 6.54 Å². The number of aryl methyl sites for hydroxylation is 1. The molecule has 1 aliphatic heterocycles. The molecule has 1 saturated heterocycles. The van der Waals surface area contributed by atoms with Gasteiger partial charge in [0.2, 0.25) is 0 Å². The number of piperidine rings is 1. The van der Waals surface area contributed by atoms with Gasteiger partial charge in [0.1, 0.15) is 0 Å². The fourth-order valence-electron chi connectivity index (χ4n) is 2.79. The van der Waals surface area contributed by atoms with Crippen molar-refractivity contribution in [1.29, 1.82) is 0 Å². The quantitative estimate of drug-likeness (QED) is 0.815. The zero-order valence-corrected chi connectivity index (χ0v) is 13.0. The number of rotatable bonds is 7. The van der Waals surface area contributed by atoms with Crippen molar-refractivity contribution < 1.29 is 0 Å². The van der Waals surface area contributed by atoms with Gasteiger partial charge in [-0.1, -0.05) is 20.8 Å². The van der Waals surface area contributed by atoms with Gasteiger partial charge < -0.3 is 5.32 Å². The molecule has 1 unspecified atom stereocenters. The van der Waals surface area contributed by atoms with Crippen LogP contribution in [-0.4, -0.2) is 50.8 Å². The number of nitrogens with zero attached hydrogens (tertiary/aromatic N) is 5. The highest BCUT2D eigenvalue weighted by Gasteiger charge is 2.21. The molecular formula is C14H28N6. The van der Waals surface area contributed by atoms with Crippen molar-refractivity contribution in [2.24, 2.45) is 5.92 Å². The van der Waals surface area contributed by atoms with Crippen LogP contribution in [0.5, 0.6) is 0 Å². The van der Waals surface area contributed by atoms with Gasteiger partial charge in [0.15, 0.2) is 5.82 Å². The third kappa shape index (κ3) is 4.52. The molecule has 1 N–H and O–H groups in total. The van der Waals surface area contributed by atoms with E-state index < -0.39 is 0 Å². The number of likely N-dealkylation sites (tertiary alicyclic amines) is 1. The van der Waals surface area contributed by atoms with Gasteiger partial charge in [0.25, 0.3) is 0 Å². The smallest absolute Gasteiger partial charge is 0.165 e. The van der Waals surface area contributed by atoms with Crippen LogP contribution in [0.25, 0.3) is 0 Å². The second kappa shape index (κ2) is 7.69. The van der Waals surface area contributed by atoms with E-state index in [1.54, 1.807) is 0 Å². The highest BCUT2D eigenvalue weighted by atomic mass is 15.5. The Morgan fingerprint density at radius 1 is 1.40 bits per heavy atom. The van der Waals surface area contributed by atoms with Gasteiger partial charge >= 0.3 is 0 Å². The number of nitrogens with one attached hydrogen (secondary N) is 1. The van der Waals surface area contributed by atoms with Crippen molar-refractivity contribution in [3.05, 3.63) is 5.82 Å². The van der Waals surface area contributed by atoms with E-state index in [2.05, 4.69) is 46.5 Å². The summed E-state index contributed by atoms with van der Waals surface area (Å²) in [5.41, 5.74) is 0. The molecule has 1 aromatic rings. The Hall–Kier alpha value is -1.01. The van der Waals surface area contributed by atoms with Crippen LogP contribution in [0.15, 0.2) is 0 Å². The summed E-state index contributed by atoms with van der Waals surface area (Å²) >= 11 is 0. The molecule has 0 aliphatic carbocycles. The number of hydrogen-bond acceptors (Lipinski definition) is 5. The zero-order chi connectivity index (χ0) is 14.4. The number of tetrazole rings is 1. The molecule has 0 amide bonds. The lowest BCUT2D eigenvalue weighted by atomic mass is 9.98. The van der Waals surface area contributed by atoms with Crippen molar-refractivity contribution >= 4 is 0 Å². The van der Waals surface area contributed by atoms with E-state index in [9.17, 15) is 0 Å². The molecule has 20 heavy (non-hydrogen) atoms. The van der Waals surface area contributed by atoms with Gasteiger partial charge in [-0.2, -0.15) is 0 Å². The Labute approximate surface area is 121 Å². The van der Waals surface area contributed by atoms with Gasteiger partial charge in [-0.15, -0.1) is 5.10 Å². The minimum absolute atomic E-state index is 0.572. The fraction of sp³-hybridized carbons (Fsp3) is 0.929. The Bertz CT molecular complexity index is 389. The van der Waals surface area contributed by atoms with Crippen LogP contribution < -0.4 is 5.32 Å². The predicted molar refractivity (Wildman–Crippen MR) is 79.2 cm³/mol. The summed E-state index contributed by atoms with van der Waals surface area (Å²) in [6.45, 7) is 11.8. The third-order valence-corrected chi connectivity index (χ3v) is 3.82. The number of hydrogen-bond donors (Lipinski definition) is 1.